The second-order valence-corrected chi connectivity index (χ2v) is 7.65. The number of hydrogen-bond donors (Lipinski definition) is 1. The number of benzene rings is 2. The summed E-state index contributed by atoms with van der Waals surface area (Å²) >= 11 is 0. The minimum atomic E-state index is -3.48. The van der Waals surface area contributed by atoms with E-state index in [1.807, 2.05) is 0 Å². The van der Waals surface area contributed by atoms with E-state index in [9.17, 15) is 13.2 Å². The fourth-order valence-electron chi connectivity index (χ4n) is 2.52. The summed E-state index contributed by atoms with van der Waals surface area (Å²) in [6.07, 6.45) is 3.02. The molecule has 0 heterocycles. The van der Waals surface area contributed by atoms with E-state index >= 15 is 0 Å². The molecule has 0 aliphatic carbocycles. The SMILES string of the molecule is CCN(CC)S(=O)(=O)c1ccc(/C=C/C(=O)Nc2cccc(OC)c2)cc1. The van der Waals surface area contributed by atoms with Crippen LogP contribution in [0.3, 0.4) is 0 Å². The van der Waals surface area contributed by atoms with Gasteiger partial charge < -0.3 is 10.1 Å². The Morgan fingerprint density at radius 1 is 1.11 bits per heavy atom. The van der Waals surface area contributed by atoms with Gasteiger partial charge in [0.25, 0.3) is 0 Å². The number of amides is 1. The van der Waals surface area contributed by atoms with Gasteiger partial charge in [0, 0.05) is 30.9 Å². The largest absolute Gasteiger partial charge is 0.497 e. The molecule has 2 aromatic carbocycles. The number of nitrogens with one attached hydrogen (secondary N) is 1. The number of sulfonamides is 1. The van der Waals surface area contributed by atoms with Crippen molar-refractivity contribution in [2.75, 3.05) is 25.5 Å². The molecule has 1 N–H and O–H groups in total. The average molecular weight is 388 g/mol. The van der Waals surface area contributed by atoms with Gasteiger partial charge in [-0.2, -0.15) is 4.31 Å². The summed E-state index contributed by atoms with van der Waals surface area (Å²) in [4.78, 5) is 12.3. The van der Waals surface area contributed by atoms with Crippen LogP contribution in [0.2, 0.25) is 0 Å². The molecule has 6 nitrogen and oxygen atoms in total. The Hall–Kier alpha value is -2.64. The summed E-state index contributed by atoms with van der Waals surface area (Å²) in [7, 11) is -1.92. The molecule has 0 aliphatic heterocycles. The van der Waals surface area contributed by atoms with Crippen LogP contribution in [0.4, 0.5) is 5.69 Å². The second kappa shape index (κ2) is 9.34. The van der Waals surface area contributed by atoms with E-state index in [1.54, 1.807) is 75.6 Å². The molecule has 1 amide bonds. The molecule has 0 unspecified atom stereocenters. The highest BCUT2D eigenvalue weighted by molar-refractivity contribution is 7.89. The summed E-state index contributed by atoms with van der Waals surface area (Å²) in [5.41, 5.74) is 1.36. The van der Waals surface area contributed by atoms with E-state index in [0.29, 0.717) is 24.5 Å². The van der Waals surface area contributed by atoms with Gasteiger partial charge in [0.1, 0.15) is 5.75 Å². The van der Waals surface area contributed by atoms with Crippen LogP contribution in [0.25, 0.3) is 6.08 Å². The maximum Gasteiger partial charge on any atom is 0.248 e. The average Bonchev–Trinajstić information content (AvgIpc) is 2.67. The topological polar surface area (TPSA) is 75.7 Å². The van der Waals surface area contributed by atoms with Crippen LogP contribution in [-0.2, 0) is 14.8 Å². The Morgan fingerprint density at radius 3 is 2.37 bits per heavy atom. The summed E-state index contributed by atoms with van der Waals surface area (Å²) < 4.78 is 31.4. The van der Waals surface area contributed by atoms with Gasteiger partial charge in [-0.3, -0.25) is 4.79 Å². The number of carbonyl (C=O) groups excluding carboxylic acids is 1. The predicted octanol–water partition coefficient (Wildman–Crippen LogP) is 3.38. The highest BCUT2D eigenvalue weighted by atomic mass is 32.2. The molecule has 0 fully saturated rings. The molecule has 27 heavy (non-hydrogen) atoms. The molecule has 0 bridgehead atoms. The van der Waals surface area contributed by atoms with Crippen molar-refractivity contribution >= 4 is 27.7 Å². The summed E-state index contributed by atoms with van der Waals surface area (Å²) in [6, 6.07) is 13.5. The van der Waals surface area contributed by atoms with Crippen molar-refractivity contribution < 1.29 is 17.9 Å². The van der Waals surface area contributed by atoms with Crippen LogP contribution in [0.5, 0.6) is 5.75 Å². The molecule has 0 spiro atoms. The van der Waals surface area contributed by atoms with Crippen molar-refractivity contribution in [3.8, 4) is 5.75 Å². The monoisotopic (exact) mass is 388 g/mol. The Labute approximate surface area is 160 Å². The molecule has 7 heteroatoms. The minimum absolute atomic E-state index is 0.240. The van der Waals surface area contributed by atoms with Crippen LogP contribution in [-0.4, -0.2) is 38.8 Å². The van der Waals surface area contributed by atoms with Crippen LogP contribution < -0.4 is 10.1 Å². The van der Waals surface area contributed by atoms with Crippen LogP contribution in [0.1, 0.15) is 19.4 Å². The van der Waals surface area contributed by atoms with Gasteiger partial charge in [-0.25, -0.2) is 8.42 Å². The van der Waals surface area contributed by atoms with E-state index in [0.717, 1.165) is 5.56 Å². The molecular formula is C20H24N2O4S. The fraction of sp³-hybridized carbons (Fsp3) is 0.250. The number of anilines is 1. The van der Waals surface area contributed by atoms with E-state index in [-0.39, 0.29) is 10.8 Å². The normalized spacial score (nSPS) is 11.7. The molecule has 144 valence electrons. The van der Waals surface area contributed by atoms with E-state index in [2.05, 4.69) is 5.32 Å². The maximum atomic E-state index is 12.5. The van der Waals surface area contributed by atoms with Gasteiger partial charge >= 0.3 is 0 Å². The summed E-state index contributed by atoms with van der Waals surface area (Å²) in [6.45, 7) is 4.45. The van der Waals surface area contributed by atoms with Gasteiger partial charge in [-0.15, -0.1) is 0 Å². The quantitative estimate of drug-likeness (QED) is 0.704. The molecule has 0 atom stereocenters. The molecule has 0 aromatic heterocycles. The van der Waals surface area contributed by atoms with Gasteiger partial charge in [0.2, 0.25) is 15.9 Å². The zero-order valence-corrected chi connectivity index (χ0v) is 16.5. The number of ether oxygens (including phenoxy) is 1. The molecule has 2 aromatic rings. The molecule has 2 rings (SSSR count). The lowest BCUT2D eigenvalue weighted by atomic mass is 10.2. The Balaban J connectivity index is 2.06. The standard InChI is InChI=1S/C20H24N2O4S/c1-4-22(5-2)27(24,25)19-12-9-16(10-13-19)11-14-20(23)21-17-7-6-8-18(15-17)26-3/h6-15H,4-5H2,1-3H3,(H,21,23)/b14-11+. The second-order valence-electron chi connectivity index (χ2n) is 5.71. The van der Waals surface area contributed by atoms with Crippen LogP contribution in [0, 0.1) is 0 Å². The lowest BCUT2D eigenvalue weighted by molar-refractivity contribution is -0.111. The van der Waals surface area contributed by atoms with Crippen molar-refractivity contribution in [2.45, 2.75) is 18.7 Å². The van der Waals surface area contributed by atoms with Crippen molar-refractivity contribution in [3.05, 3.63) is 60.2 Å². The first-order valence-corrected chi connectivity index (χ1v) is 10.1. The first-order chi connectivity index (χ1) is 12.9. The van der Waals surface area contributed by atoms with Gasteiger partial charge in [0.05, 0.1) is 12.0 Å². The molecule has 0 saturated heterocycles. The number of hydrogen-bond acceptors (Lipinski definition) is 4. The van der Waals surface area contributed by atoms with Crippen molar-refractivity contribution in [3.63, 3.8) is 0 Å². The maximum absolute atomic E-state index is 12.5. The zero-order chi connectivity index (χ0) is 19.9. The van der Waals surface area contributed by atoms with E-state index in [4.69, 9.17) is 4.74 Å². The highest BCUT2D eigenvalue weighted by Crippen LogP contribution is 2.18. The van der Waals surface area contributed by atoms with Gasteiger partial charge in [0.15, 0.2) is 0 Å². The Kier molecular flexibility index (Phi) is 7.15. The van der Waals surface area contributed by atoms with E-state index in [1.165, 1.54) is 10.4 Å². The molecule has 0 radical (unpaired) electrons. The lowest BCUT2D eigenvalue weighted by Crippen LogP contribution is -2.30. The van der Waals surface area contributed by atoms with E-state index < -0.39 is 10.0 Å². The Bertz CT molecular complexity index is 902. The zero-order valence-electron chi connectivity index (χ0n) is 15.7. The summed E-state index contributed by atoms with van der Waals surface area (Å²) in [5.74, 6) is 0.366. The third kappa shape index (κ3) is 5.42. The lowest BCUT2D eigenvalue weighted by Gasteiger charge is -2.18. The van der Waals surface area contributed by atoms with Gasteiger partial charge in [-0.1, -0.05) is 32.0 Å². The molecule has 0 saturated carbocycles. The fourth-order valence-corrected chi connectivity index (χ4v) is 3.98. The first kappa shape index (κ1) is 20.7. The smallest absolute Gasteiger partial charge is 0.248 e. The third-order valence-electron chi connectivity index (χ3n) is 3.99. The minimum Gasteiger partial charge on any atom is -0.497 e. The highest BCUT2D eigenvalue weighted by Gasteiger charge is 2.20. The van der Waals surface area contributed by atoms with Crippen molar-refractivity contribution in [2.24, 2.45) is 0 Å². The summed E-state index contributed by atoms with van der Waals surface area (Å²) in [5, 5.41) is 2.74. The van der Waals surface area contributed by atoms with Crippen molar-refractivity contribution in [1.82, 2.24) is 4.31 Å². The Morgan fingerprint density at radius 2 is 1.78 bits per heavy atom. The van der Waals surface area contributed by atoms with Gasteiger partial charge in [-0.05, 0) is 35.9 Å². The molecule has 0 aliphatic rings. The van der Waals surface area contributed by atoms with Crippen LogP contribution in [0.15, 0.2) is 59.5 Å². The molecular weight excluding hydrogens is 364 g/mol. The first-order valence-electron chi connectivity index (χ1n) is 8.64. The predicted molar refractivity (Wildman–Crippen MR) is 107 cm³/mol. The number of methoxy groups -OCH3 is 1. The number of nitrogens with zero attached hydrogens (tertiary/aromatic N) is 1. The van der Waals surface area contributed by atoms with Crippen LogP contribution >= 0.6 is 0 Å². The number of carbonyl (C=O) groups is 1. The third-order valence-corrected chi connectivity index (χ3v) is 6.05. The number of rotatable bonds is 8. The van der Waals surface area contributed by atoms with Crippen molar-refractivity contribution in [1.29, 1.82) is 0 Å².